The molecule has 0 saturated carbocycles. The van der Waals surface area contributed by atoms with Gasteiger partial charge in [0, 0.05) is 12.6 Å². The first-order valence-corrected chi connectivity index (χ1v) is 9.70. The van der Waals surface area contributed by atoms with Gasteiger partial charge in [0.15, 0.2) is 6.61 Å². The number of ether oxygens (including phenoxy) is 1. The van der Waals surface area contributed by atoms with Gasteiger partial charge in [-0.2, -0.15) is 0 Å². The van der Waals surface area contributed by atoms with E-state index in [1.807, 2.05) is 13.8 Å². The number of benzene rings is 1. The van der Waals surface area contributed by atoms with Gasteiger partial charge in [0.25, 0.3) is 11.5 Å². The Balaban J connectivity index is 2.02. The fourth-order valence-electron chi connectivity index (χ4n) is 3.00. The van der Waals surface area contributed by atoms with E-state index in [1.165, 1.54) is 0 Å². The van der Waals surface area contributed by atoms with Crippen LogP contribution in [0.2, 0.25) is 0 Å². The second kappa shape index (κ2) is 9.48. The van der Waals surface area contributed by atoms with Crippen LogP contribution < -0.4 is 10.9 Å². The molecule has 2 aromatic rings. The smallest absolute Gasteiger partial charge is 0.338 e. The Hall–Kier alpha value is -2.70. The Labute approximate surface area is 165 Å². The summed E-state index contributed by atoms with van der Waals surface area (Å²) in [7, 11) is 0. The van der Waals surface area contributed by atoms with Gasteiger partial charge in [-0.1, -0.05) is 13.8 Å². The maximum Gasteiger partial charge on any atom is 0.338 e. The van der Waals surface area contributed by atoms with Crippen molar-refractivity contribution in [3.63, 3.8) is 0 Å². The molecular weight excluding hydrogens is 358 g/mol. The minimum absolute atomic E-state index is 0.0345. The topological polar surface area (TPSA) is 90.3 Å². The number of amides is 1. The quantitative estimate of drug-likeness (QED) is 0.704. The zero-order chi connectivity index (χ0) is 20.8. The van der Waals surface area contributed by atoms with Crippen LogP contribution in [-0.4, -0.2) is 34.1 Å². The molecule has 0 radical (unpaired) electrons. The summed E-state index contributed by atoms with van der Waals surface area (Å²) in [5, 5.41) is 2.83. The summed E-state index contributed by atoms with van der Waals surface area (Å²) in [6.45, 7) is 9.91. The van der Waals surface area contributed by atoms with Crippen LogP contribution >= 0.6 is 0 Å². The molecule has 1 amide bonds. The first-order valence-electron chi connectivity index (χ1n) is 9.70. The maximum absolute atomic E-state index is 12.3. The van der Waals surface area contributed by atoms with Crippen molar-refractivity contribution in [1.29, 1.82) is 0 Å². The van der Waals surface area contributed by atoms with Crippen molar-refractivity contribution in [3.05, 3.63) is 39.8 Å². The van der Waals surface area contributed by atoms with Crippen molar-refractivity contribution in [2.75, 3.05) is 6.61 Å². The van der Waals surface area contributed by atoms with E-state index in [9.17, 15) is 14.4 Å². The van der Waals surface area contributed by atoms with Crippen LogP contribution in [0.25, 0.3) is 11.0 Å². The number of rotatable bonds is 8. The molecule has 7 nitrogen and oxygen atoms in total. The second-order valence-corrected chi connectivity index (χ2v) is 7.47. The summed E-state index contributed by atoms with van der Waals surface area (Å²) in [5.74, 6) is -0.341. The molecule has 0 unspecified atom stereocenters. The number of hydrogen-bond acceptors (Lipinski definition) is 5. The lowest BCUT2D eigenvalue weighted by atomic mass is 10.0. The number of esters is 1. The lowest BCUT2D eigenvalue weighted by Crippen LogP contribution is -2.36. The highest BCUT2D eigenvalue weighted by atomic mass is 16.5. The predicted molar refractivity (Wildman–Crippen MR) is 108 cm³/mol. The van der Waals surface area contributed by atoms with Crippen LogP contribution in [0.3, 0.4) is 0 Å². The monoisotopic (exact) mass is 387 g/mol. The van der Waals surface area contributed by atoms with E-state index in [-0.39, 0.29) is 24.1 Å². The number of carbonyl (C=O) groups excluding carboxylic acids is 2. The first-order chi connectivity index (χ1) is 13.2. The summed E-state index contributed by atoms with van der Waals surface area (Å²) in [4.78, 5) is 40.7. The van der Waals surface area contributed by atoms with Gasteiger partial charge in [-0.05, 0) is 57.7 Å². The fourth-order valence-corrected chi connectivity index (χ4v) is 3.00. The Morgan fingerprint density at radius 3 is 2.57 bits per heavy atom. The average Bonchev–Trinajstić information content (AvgIpc) is 2.65. The molecule has 0 spiro atoms. The third-order valence-corrected chi connectivity index (χ3v) is 4.58. The van der Waals surface area contributed by atoms with Crippen molar-refractivity contribution >= 4 is 22.9 Å². The number of carbonyl (C=O) groups is 2. The molecule has 1 atom stereocenters. The zero-order valence-corrected chi connectivity index (χ0v) is 17.2. The molecule has 0 aliphatic rings. The standard InChI is InChI=1S/C21H29N3O4/c1-6-24-18-10-9-16(11-17(18)23-15(5)20(24)26)21(27)28-12-19(25)22-14(4)8-7-13(2)3/h9-11,13-14H,6-8,12H2,1-5H3,(H,22,25)/t14-/m0/s1. The van der Waals surface area contributed by atoms with Gasteiger partial charge in [-0.3, -0.25) is 9.59 Å². The molecule has 1 heterocycles. The molecule has 2 rings (SSSR count). The summed E-state index contributed by atoms with van der Waals surface area (Å²) in [6, 6.07) is 4.87. The highest BCUT2D eigenvalue weighted by molar-refractivity contribution is 5.94. The minimum Gasteiger partial charge on any atom is -0.452 e. The van der Waals surface area contributed by atoms with Gasteiger partial charge in [0.05, 0.1) is 16.6 Å². The highest BCUT2D eigenvalue weighted by Crippen LogP contribution is 2.14. The van der Waals surface area contributed by atoms with E-state index in [0.717, 1.165) is 12.8 Å². The zero-order valence-electron chi connectivity index (χ0n) is 17.2. The summed E-state index contributed by atoms with van der Waals surface area (Å²) in [6.07, 6.45) is 1.90. The Bertz CT molecular complexity index is 918. The third-order valence-electron chi connectivity index (χ3n) is 4.58. The Kier molecular flexibility index (Phi) is 7.31. The molecule has 0 bridgehead atoms. The molecule has 1 aromatic heterocycles. The van der Waals surface area contributed by atoms with Gasteiger partial charge in [-0.15, -0.1) is 0 Å². The van der Waals surface area contributed by atoms with Gasteiger partial charge in [0.1, 0.15) is 5.69 Å². The van der Waals surface area contributed by atoms with Crippen LogP contribution in [0.4, 0.5) is 0 Å². The van der Waals surface area contributed by atoms with Gasteiger partial charge < -0.3 is 14.6 Å². The fraction of sp³-hybridized carbons (Fsp3) is 0.524. The van der Waals surface area contributed by atoms with E-state index in [1.54, 1.807) is 29.7 Å². The summed E-state index contributed by atoms with van der Waals surface area (Å²) < 4.78 is 6.74. The number of nitrogens with zero attached hydrogens (tertiary/aromatic N) is 2. The molecule has 0 aliphatic heterocycles. The van der Waals surface area contributed by atoms with E-state index < -0.39 is 5.97 Å². The SMILES string of the molecule is CCn1c(=O)c(C)nc2cc(C(=O)OCC(=O)N[C@@H](C)CCC(C)C)ccc21. The largest absolute Gasteiger partial charge is 0.452 e. The lowest BCUT2D eigenvalue weighted by molar-refractivity contribution is -0.124. The summed E-state index contributed by atoms with van der Waals surface area (Å²) >= 11 is 0. The molecule has 7 heteroatoms. The first kappa shape index (κ1) is 21.6. The number of aromatic nitrogens is 2. The molecular formula is C21H29N3O4. The van der Waals surface area contributed by atoms with Crippen molar-refractivity contribution in [2.24, 2.45) is 5.92 Å². The third kappa shape index (κ3) is 5.41. The molecule has 0 aliphatic carbocycles. The van der Waals surface area contributed by atoms with Gasteiger partial charge >= 0.3 is 5.97 Å². The lowest BCUT2D eigenvalue weighted by Gasteiger charge is -2.15. The van der Waals surface area contributed by atoms with Crippen molar-refractivity contribution in [1.82, 2.24) is 14.9 Å². The number of nitrogens with one attached hydrogen (secondary N) is 1. The van der Waals surface area contributed by atoms with E-state index >= 15 is 0 Å². The number of aryl methyl sites for hydroxylation is 2. The van der Waals surface area contributed by atoms with Crippen LogP contribution in [0.5, 0.6) is 0 Å². The van der Waals surface area contributed by atoms with Crippen LogP contribution in [0, 0.1) is 12.8 Å². The normalized spacial score (nSPS) is 12.2. The van der Waals surface area contributed by atoms with Gasteiger partial charge in [-0.25, -0.2) is 9.78 Å². The van der Waals surface area contributed by atoms with Crippen LogP contribution in [0.15, 0.2) is 23.0 Å². The average molecular weight is 387 g/mol. The molecule has 152 valence electrons. The Morgan fingerprint density at radius 2 is 1.93 bits per heavy atom. The summed E-state index contributed by atoms with van der Waals surface area (Å²) in [5.41, 5.74) is 1.72. The van der Waals surface area contributed by atoms with Crippen molar-refractivity contribution in [3.8, 4) is 0 Å². The van der Waals surface area contributed by atoms with E-state index in [2.05, 4.69) is 24.1 Å². The Morgan fingerprint density at radius 1 is 1.21 bits per heavy atom. The van der Waals surface area contributed by atoms with E-state index in [4.69, 9.17) is 4.74 Å². The van der Waals surface area contributed by atoms with E-state index in [0.29, 0.717) is 34.8 Å². The molecule has 28 heavy (non-hydrogen) atoms. The predicted octanol–water partition coefficient (Wildman–Crippen LogP) is 2.82. The minimum atomic E-state index is -0.597. The highest BCUT2D eigenvalue weighted by Gasteiger charge is 2.15. The van der Waals surface area contributed by atoms with Crippen LogP contribution in [-0.2, 0) is 16.1 Å². The molecule has 0 saturated heterocycles. The van der Waals surface area contributed by atoms with Crippen molar-refractivity contribution in [2.45, 2.75) is 60.0 Å². The molecule has 1 N–H and O–H groups in total. The number of hydrogen-bond donors (Lipinski definition) is 1. The second-order valence-electron chi connectivity index (χ2n) is 7.47. The van der Waals surface area contributed by atoms with Crippen LogP contribution in [0.1, 0.15) is 56.6 Å². The number of fused-ring (bicyclic) bond motifs is 1. The maximum atomic E-state index is 12.3. The van der Waals surface area contributed by atoms with Crippen molar-refractivity contribution < 1.29 is 14.3 Å². The molecule has 1 aromatic carbocycles. The molecule has 0 fully saturated rings. The van der Waals surface area contributed by atoms with Gasteiger partial charge in [0.2, 0.25) is 0 Å².